The Balaban J connectivity index is 2.27. The number of nitrogen functional groups attached to an aromatic ring is 1. The first-order chi connectivity index (χ1) is 11.3. The van der Waals surface area contributed by atoms with E-state index in [2.05, 4.69) is 9.97 Å². The van der Waals surface area contributed by atoms with E-state index >= 15 is 0 Å². The quantitative estimate of drug-likeness (QED) is 0.768. The Labute approximate surface area is 137 Å². The lowest BCUT2D eigenvalue weighted by atomic mass is 9.85. The predicted molar refractivity (Wildman–Crippen MR) is 89.8 cm³/mol. The summed E-state index contributed by atoms with van der Waals surface area (Å²) in [5.74, 6) is 0.203. The van der Waals surface area contributed by atoms with Crippen LogP contribution in [0.15, 0.2) is 36.7 Å². The SMILES string of the molecule is CC(C)(CF)c1ccc2c(c1)cc(-c1cncc(N)n1)n2C(=O)O. The van der Waals surface area contributed by atoms with Crippen LogP contribution in [0.3, 0.4) is 0 Å². The Morgan fingerprint density at radius 2 is 2.08 bits per heavy atom. The number of fused-ring (bicyclic) bond motifs is 1. The topological polar surface area (TPSA) is 94.0 Å². The minimum Gasteiger partial charge on any atom is -0.464 e. The highest BCUT2D eigenvalue weighted by atomic mass is 19.1. The molecule has 0 saturated carbocycles. The fourth-order valence-electron chi connectivity index (χ4n) is 2.61. The molecule has 3 N–H and O–H groups in total. The summed E-state index contributed by atoms with van der Waals surface area (Å²) < 4.78 is 14.4. The van der Waals surface area contributed by atoms with Gasteiger partial charge in [0.05, 0.1) is 30.3 Å². The first-order valence-corrected chi connectivity index (χ1v) is 7.36. The second-order valence-corrected chi connectivity index (χ2v) is 6.27. The highest BCUT2D eigenvalue weighted by molar-refractivity contribution is 5.95. The summed E-state index contributed by atoms with van der Waals surface area (Å²) in [6.45, 7) is 3.09. The summed E-state index contributed by atoms with van der Waals surface area (Å²) >= 11 is 0. The lowest BCUT2D eigenvalue weighted by Crippen LogP contribution is -2.19. The summed E-state index contributed by atoms with van der Waals surface area (Å²) in [7, 11) is 0. The maximum absolute atomic E-state index is 13.2. The molecule has 124 valence electrons. The van der Waals surface area contributed by atoms with E-state index in [1.807, 2.05) is 0 Å². The van der Waals surface area contributed by atoms with Crippen molar-refractivity contribution in [1.29, 1.82) is 0 Å². The number of rotatable bonds is 3. The number of carboxylic acid groups (broad SMARTS) is 1. The van der Waals surface area contributed by atoms with Crippen molar-refractivity contribution in [1.82, 2.24) is 14.5 Å². The average Bonchev–Trinajstić information content (AvgIpc) is 2.93. The average molecular weight is 328 g/mol. The minimum atomic E-state index is -1.14. The molecular weight excluding hydrogens is 311 g/mol. The van der Waals surface area contributed by atoms with E-state index < -0.39 is 18.2 Å². The zero-order chi connectivity index (χ0) is 17.5. The van der Waals surface area contributed by atoms with Crippen LogP contribution in [0.2, 0.25) is 0 Å². The minimum absolute atomic E-state index is 0.203. The van der Waals surface area contributed by atoms with Crippen LogP contribution >= 0.6 is 0 Å². The van der Waals surface area contributed by atoms with Gasteiger partial charge in [0.2, 0.25) is 0 Å². The molecule has 0 aliphatic heterocycles. The van der Waals surface area contributed by atoms with Crippen molar-refractivity contribution in [2.24, 2.45) is 0 Å². The van der Waals surface area contributed by atoms with E-state index in [1.165, 1.54) is 12.4 Å². The Kier molecular flexibility index (Phi) is 3.71. The molecule has 3 aromatic rings. The summed E-state index contributed by atoms with van der Waals surface area (Å²) in [4.78, 5) is 19.8. The van der Waals surface area contributed by atoms with Gasteiger partial charge in [0, 0.05) is 10.8 Å². The van der Waals surface area contributed by atoms with Gasteiger partial charge in [-0.2, -0.15) is 0 Å². The fraction of sp³-hybridized carbons (Fsp3) is 0.235. The molecule has 7 heteroatoms. The van der Waals surface area contributed by atoms with Crippen molar-refractivity contribution in [2.45, 2.75) is 19.3 Å². The molecule has 0 amide bonds. The number of alkyl halides is 1. The first-order valence-electron chi connectivity index (χ1n) is 7.36. The van der Waals surface area contributed by atoms with Gasteiger partial charge in [-0.15, -0.1) is 0 Å². The lowest BCUT2D eigenvalue weighted by Gasteiger charge is -2.21. The molecule has 0 bridgehead atoms. The van der Waals surface area contributed by atoms with Crippen LogP contribution < -0.4 is 5.73 Å². The number of nitrogens with two attached hydrogens (primary N) is 1. The maximum atomic E-state index is 13.2. The van der Waals surface area contributed by atoms with Crippen molar-refractivity contribution in [3.63, 3.8) is 0 Å². The molecule has 0 aliphatic carbocycles. The molecule has 2 heterocycles. The fourth-order valence-corrected chi connectivity index (χ4v) is 2.61. The number of benzene rings is 1. The van der Waals surface area contributed by atoms with Gasteiger partial charge in [-0.1, -0.05) is 19.9 Å². The molecule has 0 spiro atoms. The molecular formula is C17H17FN4O2. The molecule has 1 aromatic carbocycles. The van der Waals surface area contributed by atoms with Gasteiger partial charge in [-0.3, -0.25) is 9.37 Å². The van der Waals surface area contributed by atoms with Crippen molar-refractivity contribution in [2.75, 3.05) is 12.4 Å². The summed E-state index contributed by atoms with van der Waals surface area (Å²) in [6.07, 6.45) is 1.71. The highest BCUT2D eigenvalue weighted by Gasteiger charge is 2.23. The molecule has 0 atom stereocenters. The van der Waals surface area contributed by atoms with Crippen LogP contribution in [0.1, 0.15) is 19.4 Å². The van der Waals surface area contributed by atoms with E-state index in [0.717, 1.165) is 10.1 Å². The normalized spacial score (nSPS) is 11.8. The maximum Gasteiger partial charge on any atom is 0.416 e. The van der Waals surface area contributed by atoms with Gasteiger partial charge in [-0.25, -0.2) is 14.3 Å². The van der Waals surface area contributed by atoms with Crippen LogP contribution in [-0.4, -0.2) is 32.4 Å². The molecule has 0 saturated heterocycles. The van der Waals surface area contributed by atoms with E-state index in [-0.39, 0.29) is 5.82 Å². The van der Waals surface area contributed by atoms with Crippen molar-refractivity contribution in [3.05, 3.63) is 42.2 Å². The van der Waals surface area contributed by atoms with E-state index in [4.69, 9.17) is 5.73 Å². The van der Waals surface area contributed by atoms with Gasteiger partial charge >= 0.3 is 6.09 Å². The van der Waals surface area contributed by atoms with Gasteiger partial charge in [0.1, 0.15) is 11.5 Å². The number of anilines is 1. The van der Waals surface area contributed by atoms with Crippen molar-refractivity contribution < 1.29 is 14.3 Å². The van der Waals surface area contributed by atoms with Gasteiger partial charge in [0.25, 0.3) is 0 Å². The summed E-state index contributed by atoms with van der Waals surface area (Å²) in [5, 5.41) is 10.3. The Morgan fingerprint density at radius 3 is 2.71 bits per heavy atom. The second-order valence-electron chi connectivity index (χ2n) is 6.27. The molecule has 0 fully saturated rings. The third kappa shape index (κ3) is 2.58. The molecule has 0 aliphatic rings. The standard InChI is InChI=1S/C17H17FN4O2/c1-17(2,9-18)11-3-4-13-10(5-11)6-14(22(13)16(23)24)12-7-20-8-15(19)21-12/h3-8H,9H2,1-2H3,(H2,19,21)(H,23,24). The second kappa shape index (κ2) is 5.59. The van der Waals surface area contributed by atoms with Crippen LogP contribution in [-0.2, 0) is 5.41 Å². The summed E-state index contributed by atoms with van der Waals surface area (Å²) in [5.41, 5.74) is 7.03. The Morgan fingerprint density at radius 1 is 1.33 bits per heavy atom. The number of aromatic nitrogens is 3. The number of hydrogen-bond acceptors (Lipinski definition) is 4. The lowest BCUT2D eigenvalue weighted by molar-refractivity contribution is 0.198. The molecule has 2 aromatic heterocycles. The molecule has 3 rings (SSSR count). The number of halogens is 1. The number of carbonyl (C=O) groups is 1. The number of nitrogens with zero attached hydrogens (tertiary/aromatic N) is 3. The van der Waals surface area contributed by atoms with Crippen molar-refractivity contribution in [3.8, 4) is 11.4 Å². The van der Waals surface area contributed by atoms with Gasteiger partial charge < -0.3 is 10.8 Å². The molecule has 24 heavy (non-hydrogen) atoms. The van der Waals surface area contributed by atoms with E-state index in [1.54, 1.807) is 38.1 Å². The van der Waals surface area contributed by atoms with E-state index in [9.17, 15) is 14.3 Å². The molecule has 0 radical (unpaired) electrons. The third-order valence-corrected chi connectivity index (χ3v) is 4.02. The monoisotopic (exact) mass is 328 g/mol. The molecule has 0 unspecified atom stereocenters. The number of hydrogen-bond donors (Lipinski definition) is 2. The third-order valence-electron chi connectivity index (χ3n) is 4.02. The largest absolute Gasteiger partial charge is 0.464 e. The summed E-state index contributed by atoms with van der Waals surface area (Å²) in [6, 6.07) is 6.93. The first kappa shape index (κ1) is 15.9. The highest BCUT2D eigenvalue weighted by Crippen LogP contribution is 2.31. The predicted octanol–water partition coefficient (Wildman–Crippen LogP) is 3.45. The Bertz CT molecular complexity index is 933. The van der Waals surface area contributed by atoms with Crippen LogP contribution in [0.25, 0.3) is 22.3 Å². The van der Waals surface area contributed by atoms with Crippen LogP contribution in [0, 0.1) is 0 Å². The van der Waals surface area contributed by atoms with Gasteiger partial charge in [0.15, 0.2) is 0 Å². The zero-order valence-electron chi connectivity index (χ0n) is 13.3. The van der Waals surface area contributed by atoms with Crippen molar-refractivity contribution >= 4 is 22.8 Å². The Hall–Kier alpha value is -2.96. The zero-order valence-corrected chi connectivity index (χ0v) is 13.3. The van der Waals surface area contributed by atoms with Crippen LogP contribution in [0.5, 0.6) is 0 Å². The van der Waals surface area contributed by atoms with E-state index in [0.29, 0.717) is 22.3 Å². The van der Waals surface area contributed by atoms with Crippen LogP contribution in [0.4, 0.5) is 15.0 Å². The molecule has 6 nitrogen and oxygen atoms in total. The van der Waals surface area contributed by atoms with Gasteiger partial charge in [-0.05, 0) is 23.8 Å². The smallest absolute Gasteiger partial charge is 0.416 e.